The Morgan fingerprint density at radius 1 is 0.968 bits per heavy atom. The van der Waals surface area contributed by atoms with E-state index in [0.29, 0.717) is 5.69 Å². The van der Waals surface area contributed by atoms with Crippen LogP contribution in [0.25, 0.3) is 22.4 Å². The Balaban J connectivity index is 1.45. The first kappa shape index (κ1) is 20.8. The van der Waals surface area contributed by atoms with Crippen molar-refractivity contribution in [3.8, 4) is 11.4 Å². The Hall–Kier alpha value is -3.49. The summed E-state index contributed by atoms with van der Waals surface area (Å²) in [5, 5.41) is 2.74. The zero-order valence-corrected chi connectivity index (χ0v) is 18.0. The number of aromatic nitrogens is 2. The fourth-order valence-corrected chi connectivity index (χ4v) is 4.51. The van der Waals surface area contributed by atoms with Gasteiger partial charge in [-0.2, -0.15) is 4.31 Å². The van der Waals surface area contributed by atoms with Crippen molar-refractivity contribution < 1.29 is 13.2 Å². The summed E-state index contributed by atoms with van der Waals surface area (Å²) in [4.78, 5) is 17.2. The van der Waals surface area contributed by atoms with Gasteiger partial charge in [0.15, 0.2) is 0 Å². The van der Waals surface area contributed by atoms with Gasteiger partial charge in [-0.1, -0.05) is 30.3 Å². The number of hydrogen-bond donors (Lipinski definition) is 1. The van der Waals surface area contributed by atoms with Crippen molar-refractivity contribution in [1.29, 1.82) is 0 Å². The standard InChI is InChI=1S/C23H22N4O3S/c1-26(31(29,30)19-8-4-3-5-9-19)16-22(28)24-18-14-12-17(13-15-18)23-25-20-10-6-7-11-21(20)27(23)2/h3-15H,16H2,1-2H3,(H,24,28). The lowest BCUT2D eigenvalue weighted by atomic mass is 10.2. The molecule has 0 unspecified atom stereocenters. The van der Waals surface area contributed by atoms with Gasteiger partial charge in [0.05, 0.1) is 22.5 Å². The first-order chi connectivity index (χ1) is 14.9. The molecule has 8 heteroatoms. The van der Waals surface area contributed by atoms with Crippen LogP contribution in [0.5, 0.6) is 0 Å². The third-order valence-corrected chi connectivity index (χ3v) is 6.85. The number of likely N-dealkylation sites (N-methyl/N-ethyl adjacent to an activating group) is 1. The van der Waals surface area contributed by atoms with Gasteiger partial charge in [-0.25, -0.2) is 13.4 Å². The number of carbonyl (C=O) groups excluding carboxylic acids is 1. The monoisotopic (exact) mass is 434 g/mol. The topological polar surface area (TPSA) is 84.3 Å². The predicted octanol–water partition coefficient (Wildman–Crippen LogP) is 3.50. The molecule has 0 aliphatic rings. The lowest BCUT2D eigenvalue weighted by Crippen LogP contribution is -2.34. The van der Waals surface area contributed by atoms with E-state index in [0.717, 1.165) is 26.7 Å². The van der Waals surface area contributed by atoms with Gasteiger partial charge in [-0.05, 0) is 48.5 Å². The maximum absolute atomic E-state index is 12.6. The Kier molecular flexibility index (Phi) is 5.58. The average molecular weight is 435 g/mol. The van der Waals surface area contributed by atoms with E-state index in [1.807, 2.05) is 48.0 Å². The molecule has 3 aromatic carbocycles. The Bertz CT molecular complexity index is 1330. The van der Waals surface area contributed by atoms with Crippen LogP contribution in [-0.2, 0) is 21.9 Å². The number of rotatable bonds is 6. The van der Waals surface area contributed by atoms with E-state index in [1.165, 1.54) is 19.2 Å². The van der Waals surface area contributed by atoms with Crippen molar-refractivity contribution >= 4 is 32.7 Å². The third kappa shape index (κ3) is 4.21. The third-order valence-electron chi connectivity index (χ3n) is 5.03. The Morgan fingerprint density at radius 3 is 2.29 bits per heavy atom. The van der Waals surface area contributed by atoms with Crippen LogP contribution in [0.4, 0.5) is 5.69 Å². The summed E-state index contributed by atoms with van der Waals surface area (Å²) >= 11 is 0. The van der Waals surface area contributed by atoms with Crippen molar-refractivity contribution in [2.24, 2.45) is 7.05 Å². The van der Waals surface area contributed by atoms with Gasteiger partial charge < -0.3 is 9.88 Å². The molecule has 7 nitrogen and oxygen atoms in total. The van der Waals surface area contributed by atoms with Crippen molar-refractivity contribution in [2.75, 3.05) is 18.9 Å². The van der Waals surface area contributed by atoms with E-state index in [4.69, 9.17) is 0 Å². The molecule has 4 aromatic rings. The number of benzene rings is 3. The lowest BCUT2D eigenvalue weighted by Gasteiger charge is -2.17. The molecule has 0 spiro atoms. The summed E-state index contributed by atoms with van der Waals surface area (Å²) < 4.78 is 28.2. The molecule has 1 aromatic heterocycles. The van der Waals surface area contributed by atoms with Gasteiger partial charge in [0, 0.05) is 25.3 Å². The van der Waals surface area contributed by atoms with Crippen LogP contribution in [0, 0.1) is 0 Å². The van der Waals surface area contributed by atoms with Gasteiger partial charge in [-0.15, -0.1) is 0 Å². The largest absolute Gasteiger partial charge is 0.327 e. The fraction of sp³-hybridized carbons (Fsp3) is 0.130. The van der Waals surface area contributed by atoms with E-state index in [9.17, 15) is 13.2 Å². The number of sulfonamides is 1. The average Bonchev–Trinajstić information content (AvgIpc) is 3.11. The predicted molar refractivity (Wildman–Crippen MR) is 121 cm³/mol. The minimum atomic E-state index is -3.73. The molecule has 0 saturated carbocycles. The van der Waals surface area contributed by atoms with E-state index < -0.39 is 15.9 Å². The van der Waals surface area contributed by atoms with Crippen LogP contribution in [0.15, 0.2) is 83.8 Å². The van der Waals surface area contributed by atoms with Crippen LogP contribution in [-0.4, -0.2) is 41.8 Å². The minimum Gasteiger partial charge on any atom is -0.327 e. The summed E-state index contributed by atoms with van der Waals surface area (Å²) in [7, 11) is -0.378. The zero-order chi connectivity index (χ0) is 22.0. The highest BCUT2D eigenvalue weighted by Crippen LogP contribution is 2.24. The number of nitrogens with zero attached hydrogens (tertiary/aromatic N) is 3. The van der Waals surface area contributed by atoms with Crippen LogP contribution in [0.1, 0.15) is 0 Å². The molecule has 0 bridgehead atoms. The molecule has 1 heterocycles. The van der Waals surface area contributed by atoms with E-state index >= 15 is 0 Å². The van der Waals surface area contributed by atoms with Gasteiger partial charge in [0.25, 0.3) is 0 Å². The number of aryl methyl sites for hydroxylation is 1. The van der Waals surface area contributed by atoms with E-state index in [-0.39, 0.29) is 11.4 Å². The first-order valence-electron chi connectivity index (χ1n) is 9.69. The normalized spacial score (nSPS) is 11.7. The number of hydrogen-bond acceptors (Lipinski definition) is 4. The maximum Gasteiger partial charge on any atom is 0.243 e. The number of para-hydroxylation sites is 2. The number of carbonyl (C=O) groups is 1. The first-order valence-corrected chi connectivity index (χ1v) is 11.1. The maximum atomic E-state index is 12.6. The SMILES string of the molecule is CN(CC(=O)Nc1ccc(-c2nc3ccccc3n2C)cc1)S(=O)(=O)c1ccccc1. The number of imidazole rings is 1. The molecule has 1 amide bonds. The molecule has 158 valence electrons. The second-order valence-electron chi connectivity index (χ2n) is 7.18. The molecule has 1 N–H and O–H groups in total. The van der Waals surface area contributed by atoms with E-state index in [1.54, 1.807) is 30.3 Å². The quantitative estimate of drug-likeness (QED) is 0.503. The van der Waals surface area contributed by atoms with E-state index in [2.05, 4.69) is 10.3 Å². The van der Waals surface area contributed by atoms with Crippen molar-refractivity contribution in [2.45, 2.75) is 4.90 Å². The van der Waals surface area contributed by atoms with Crippen LogP contribution >= 0.6 is 0 Å². The molecule has 0 aliphatic heterocycles. The second kappa shape index (κ2) is 8.33. The summed E-state index contributed by atoms with van der Waals surface area (Å²) in [6.45, 7) is -0.288. The minimum absolute atomic E-state index is 0.150. The Labute approximate surface area is 181 Å². The van der Waals surface area contributed by atoms with Gasteiger partial charge in [0.1, 0.15) is 5.82 Å². The molecule has 0 aliphatic carbocycles. The summed E-state index contributed by atoms with van der Waals surface area (Å²) in [5.41, 5.74) is 3.45. The van der Waals surface area contributed by atoms with Crippen molar-refractivity contribution in [1.82, 2.24) is 13.9 Å². The van der Waals surface area contributed by atoms with Crippen LogP contribution in [0.2, 0.25) is 0 Å². The summed E-state index contributed by atoms with van der Waals surface area (Å²) in [6.07, 6.45) is 0. The molecule has 0 atom stereocenters. The van der Waals surface area contributed by atoms with Gasteiger partial charge >= 0.3 is 0 Å². The van der Waals surface area contributed by atoms with Crippen LogP contribution in [0.3, 0.4) is 0 Å². The summed E-state index contributed by atoms with van der Waals surface area (Å²) in [5.74, 6) is 0.408. The molecule has 0 radical (unpaired) electrons. The van der Waals surface area contributed by atoms with Crippen molar-refractivity contribution in [3.05, 3.63) is 78.9 Å². The molecular weight excluding hydrogens is 412 g/mol. The molecule has 0 fully saturated rings. The number of nitrogens with one attached hydrogen (secondary N) is 1. The fourth-order valence-electron chi connectivity index (χ4n) is 3.37. The molecular formula is C23H22N4O3S. The number of anilines is 1. The highest BCUT2D eigenvalue weighted by Gasteiger charge is 2.22. The lowest BCUT2D eigenvalue weighted by molar-refractivity contribution is -0.116. The molecule has 4 rings (SSSR count). The molecule has 0 saturated heterocycles. The number of amides is 1. The number of fused-ring (bicyclic) bond motifs is 1. The van der Waals surface area contributed by atoms with Crippen LogP contribution < -0.4 is 5.32 Å². The summed E-state index contributed by atoms with van der Waals surface area (Å²) in [6, 6.07) is 23.2. The molecule has 31 heavy (non-hydrogen) atoms. The highest BCUT2D eigenvalue weighted by molar-refractivity contribution is 7.89. The highest BCUT2D eigenvalue weighted by atomic mass is 32.2. The van der Waals surface area contributed by atoms with Crippen molar-refractivity contribution in [3.63, 3.8) is 0 Å². The Morgan fingerprint density at radius 2 is 1.61 bits per heavy atom. The van der Waals surface area contributed by atoms with Gasteiger partial charge in [0.2, 0.25) is 15.9 Å². The zero-order valence-electron chi connectivity index (χ0n) is 17.2. The second-order valence-corrected chi connectivity index (χ2v) is 9.23. The smallest absolute Gasteiger partial charge is 0.243 e. The van der Waals surface area contributed by atoms with Gasteiger partial charge in [-0.3, -0.25) is 4.79 Å².